The van der Waals surface area contributed by atoms with Gasteiger partial charge in [0, 0.05) is 11.8 Å². The highest BCUT2D eigenvalue weighted by atomic mass is 32.2. The molecule has 1 unspecified atom stereocenters. The van der Waals surface area contributed by atoms with Crippen LogP contribution in [0, 0.1) is 11.3 Å². The second kappa shape index (κ2) is 7.11. The number of nitriles is 1. The molecular weight excluding hydrogens is 292 g/mol. The van der Waals surface area contributed by atoms with Crippen LogP contribution >= 0.6 is 11.8 Å². The quantitative estimate of drug-likeness (QED) is 0.906. The zero-order valence-electron chi connectivity index (χ0n) is 11.2. The molecule has 1 saturated heterocycles. The van der Waals surface area contributed by atoms with Gasteiger partial charge in [0.1, 0.15) is 0 Å². The molecule has 1 heterocycles. The van der Waals surface area contributed by atoms with E-state index in [0.29, 0.717) is 18.2 Å². The van der Waals surface area contributed by atoms with E-state index in [-0.39, 0.29) is 4.90 Å². The molecule has 0 amide bonds. The number of sulfonamides is 1. The Hall–Kier alpha value is -1.03. The van der Waals surface area contributed by atoms with E-state index in [4.69, 9.17) is 5.26 Å². The molecule has 0 aliphatic carbocycles. The Morgan fingerprint density at radius 2 is 2.05 bits per heavy atom. The minimum atomic E-state index is -3.44. The largest absolute Gasteiger partial charge is 0.240 e. The van der Waals surface area contributed by atoms with Crippen molar-refractivity contribution in [2.75, 3.05) is 12.3 Å². The number of hydrogen-bond donors (Lipinski definition) is 1. The van der Waals surface area contributed by atoms with Gasteiger partial charge in [0.05, 0.1) is 17.4 Å². The van der Waals surface area contributed by atoms with Crippen LogP contribution in [0.3, 0.4) is 0 Å². The molecular formula is C14H18N2O2S2. The Bertz CT molecular complexity index is 570. The zero-order chi connectivity index (χ0) is 14.4. The average molecular weight is 310 g/mol. The maximum atomic E-state index is 12.2. The van der Waals surface area contributed by atoms with E-state index < -0.39 is 10.0 Å². The SMILES string of the molecule is N#CCc1ccc(S(=O)(=O)NCC2CCCCS2)cc1. The number of nitrogens with one attached hydrogen (secondary N) is 1. The summed E-state index contributed by atoms with van der Waals surface area (Å²) in [5.41, 5.74) is 0.828. The van der Waals surface area contributed by atoms with Crippen molar-refractivity contribution in [1.29, 1.82) is 5.26 Å². The lowest BCUT2D eigenvalue weighted by Gasteiger charge is -2.21. The van der Waals surface area contributed by atoms with Crippen LogP contribution in [-0.4, -0.2) is 26.0 Å². The van der Waals surface area contributed by atoms with Crippen molar-refractivity contribution in [1.82, 2.24) is 4.72 Å². The molecule has 1 aliphatic rings. The van der Waals surface area contributed by atoms with Gasteiger partial charge in [0.2, 0.25) is 10.0 Å². The maximum Gasteiger partial charge on any atom is 0.240 e. The zero-order valence-corrected chi connectivity index (χ0v) is 12.8. The second-order valence-corrected chi connectivity index (χ2v) is 7.99. The molecule has 1 atom stereocenters. The molecule has 0 spiro atoms. The fourth-order valence-electron chi connectivity index (χ4n) is 2.13. The summed E-state index contributed by atoms with van der Waals surface area (Å²) < 4.78 is 27.0. The predicted octanol–water partition coefficient (Wildman–Crippen LogP) is 2.32. The number of hydrogen-bond acceptors (Lipinski definition) is 4. The first-order valence-corrected chi connectivity index (χ1v) is 9.22. The Labute approximate surface area is 124 Å². The van der Waals surface area contributed by atoms with Crippen LogP contribution in [0.15, 0.2) is 29.2 Å². The van der Waals surface area contributed by atoms with E-state index in [1.54, 1.807) is 24.3 Å². The molecule has 1 aromatic rings. The van der Waals surface area contributed by atoms with Crippen LogP contribution in [0.5, 0.6) is 0 Å². The van der Waals surface area contributed by atoms with Crippen LogP contribution in [-0.2, 0) is 16.4 Å². The van der Waals surface area contributed by atoms with Crippen LogP contribution < -0.4 is 4.72 Å². The molecule has 0 aromatic heterocycles. The number of benzene rings is 1. The molecule has 0 radical (unpaired) electrons. The van der Waals surface area contributed by atoms with Gasteiger partial charge in [-0.05, 0) is 36.3 Å². The summed E-state index contributed by atoms with van der Waals surface area (Å²) in [5, 5.41) is 8.98. The minimum absolute atomic E-state index is 0.264. The number of rotatable bonds is 5. The summed E-state index contributed by atoms with van der Waals surface area (Å²) in [6, 6.07) is 8.53. The lowest BCUT2D eigenvalue weighted by molar-refractivity contribution is 0.574. The molecule has 6 heteroatoms. The monoisotopic (exact) mass is 310 g/mol. The van der Waals surface area contributed by atoms with E-state index >= 15 is 0 Å². The molecule has 2 rings (SSSR count). The van der Waals surface area contributed by atoms with Crippen LogP contribution in [0.2, 0.25) is 0 Å². The number of thioether (sulfide) groups is 1. The first-order valence-electron chi connectivity index (χ1n) is 6.69. The third-order valence-electron chi connectivity index (χ3n) is 3.29. The van der Waals surface area contributed by atoms with Gasteiger partial charge in [0.15, 0.2) is 0 Å². The normalized spacial score (nSPS) is 19.4. The second-order valence-electron chi connectivity index (χ2n) is 4.82. The topological polar surface area (TPSA) is 70.0 Å². The van der Waals surface area contributed by atoms with E-state index in [1.807, 2.05) is 17.8 Å². The maximum absolute atomic E-state index is 12.2. The fraction of sp³-hybridized carbons (Fsp3) is 0.500. The molecule has 20 heavy (non-hydrogen) atoms. The highest BCUT2D eigenvalue weighted by Gasteiger charge is 2.19. The third kappa shape index (κ3) is 4.23. The molecule has 0 bridgehead atoms. The van der Waals surface area contributed by atoms with Crippen molar-refractivity contribution in [2.45, 2.75) is 35.8 Å². The van der Waals surface area contributed by atoms with Crippen molar-refractivity contribution in [3.63, 3.8) is 0 Å². The van der Waals surface area contributed by atoms with Gasteiger partial charge in [0.25, 0.3) is 0 Å². The van der Waals surface area contributed by atoms with E-state index in [1.165, 1.54) is 12.8 Å². The number of nitrogens with zero attached hydrogens (tertiary/aromatic N) is 1. The van der Waals surface area contributed by atoms with Gasteiger partial charge < -0.3 is 0 Å². The van der Waals surface area contributed by atoms with Crippen molar-refractivity contribution >= 4 is 21.8 Å². The Kier molecular flexibility index (Phi) is 5.46. The Morgan fingerprint density at radius 3 is 2.65 bits per heavy atom. The van der Waals surface area contributed by atoms with Crippen molar-refractivity contribution in [2.24, 2.45) is 0 Å². The van der Waals surface area contributed by atoms with Gasteiger partial charge >= 0.3 is 0 Å². The standard InChI is InChI=1S/C14H18N2O2S2/c15-9-8-12-4-6-14(7-5-12)20(17,18)16-11-13-3-1-2-10-19-13/h4-7,13,16H,1-3,8,10-11H2. The lowest BCUT2D eigenvalue weighted by atomic mass is 10.2. The molecule has 108 valence electrons. The Balaban J connectivity index is 1.96. The van der Waals surface area contributed by atoms with Crippen molar-refractivity contribution in [3.05, 3.63) is 29.8 Å². The smallest absolute Gasteiger partial charge is 0.210 e. The highest BCUT2D eigenvalue weighted by Crippen LogP contribution is 2.24. The van der Waals surface area contributed by atoms with Crippen molar-refractivity contribution < 1.29 is 8.42 Å². The van der Waals surface area contributed by atoms with Crippen LogP contribution in [0.25, 0.3) is 0 Å². The fourth-order valence-corrected chi connectivity index (χ4v) is 4.56. The van der Waals surface area contributed by atoms with Gasteiger partial charge in [-0.1, -0.05) is 18.6 Å². The average Bonchev–Trinajstić information content (AvgIpc) is 2.47. The summed E-state index contributed by atoms with van der Waals surface area (Å²) in [4.78, 5) is 0.264. The van der Waals surface area contributed by atoms with Gasteiger partial charge in [-0.15, -0.1) is 0 Å². The lowest BCUT2D eigenvalue weighted by Crippen LogP contribution is -2.31. The summed E-state index contributed by atoms with van der Waals surface area (Å²) in [6.45, 7) is 0.493. The predicted molar refractivity (Wildman–Crippen MR) is 81.0 cm³/mol. The summed E-state index contributed by atoms with van der Waals surface area (Å²) >= 11 is 1.85. The van der Waals surface area contributed by atoms with Gasteiger partial charge in [-0.25, -0.2) is 13.1 Å². The molecule has 1 N–H and O–H groups in total. The summed E-state index contributed by atoms with van der Waals surface area (Å²) in [7, 11) is -3.44. The van der Waals surface area contributed by atoms with Gasteiger partial charge in [-0.3, -0.25) is 0 Å². The summed E-state index contributed by atoms with van der Waals surface area (Å²) in [5.74, 6) is 1.12. The van der Waals surface area contributed by atoms with Crippen LogP contribution in [0.4, 0.5) is 0 Å². The van der Waals surface area contributed by atoms with E-state index in [9.17, 15) is 8.42 Å². The highest BCUT2D eigenvalue weighted by molar-refractivity contribution is 8.00. The molecule has 1 aromatic carbocycles. The molecule has 0 saturated carbocycles. The third-order valence-corrected chi connectivity index (χ3v) is 6.13. The van der Waals surface area contributed by atoms with E-state index in [2.05, 4.69) is 4.72 Å². The first kappa shape index (κ1) is 15.4. The van der Waals surface area contributed by atoms with Crippen molar-refractivity contribution in [3.8, 4) is 6.07 Å². The molecule has 4 nitrogen and oxygen atoms in total. The molecule has 1 aliphatic heterocycles. The molecule has 1 fully saturated rings. The first-order chi connectivity index (χ1) is 9.62. The summed E-state index contributed by atoms with van der Waals surface area (Å²) in [6.07, 6.45) is 3.79. The minimum Gasteiger partial charge on any atom is -0.210 e. The van der Waals surface area contributed by atoms with E-state index in [0.717, 1.165) is 17.7 Å². The van der Waals surface area contributed by atoms with Gasteiger partial charge in [-0.2, -0.15) is 17.0 Å². The van der Waals surface area contributed by atoms with Crippen LogP contribution in [0.1, 0.15) is 24.8 Å². The Morgan fingerprint density at radius 1 is 1.30 bits per heavy atom.